The summed E-state index contributed by atoms with van der Waals surface area (Å²) < 4.78 is 84.3. The van der Waals surface area contributed by atoms with Crippen LogP contribution < -0.4 is 0 Å². The predicted octanol–water partition coefficient (Wildman–Crippen LogP) is 15.2. The molecule has 0 aliphatic carbocycles. The van der Waals surface area contributed by atoms with Crippen molar-refractivity contribution in [2.75, 3.05) is 122 Å². The molecule has 2 amide bonds. The molecule has 0 N–H and O–H groups in total. The SMILES string of the molecule is CC(C)(C)C(=O)N1CC2CS(=O)(=O)CC(C1)[S+]2c1ccc(C(C)(C)C)cc1.CC(C)(C)C(=O)N1CC2CS(=O)CC(C1)[S+]2c1ccc(C(C)(C)C)cc1.CC(C)(C)c1ccc([S+]2C3COCC2CS(=O)(=O)C3)cc1.CC(C)(C)c1ccc([S+]2C3COCC2CS(=O)C3)cc1.CC(C)(C)c1ccc([S+]2C3CSCC2CSC3)cc1. The fourth-order valence-electron chi connectivity index (χ4n) is 16.8. The van der Waals surface area contributed by atoms with E-state index in [0.29, 0.717) is 58.2 Å². The topological polar surface area (TPSA) is 162 Å². The summed E-state index contributed by atoms with van der Waals surface area (Å²) in [5.74, 6) is 9.95. The van der Waals surface area contributed by atoms with E-state index in [2.05, 4.69) is 249 Å². The van der Waals surface area contributed by atoms with Gasteiger partial charge in [0.15, 0.2) is 86.2 Å². The van der Waals surface area contributed by atoms with Gasteiger partial charge < -0.3 is 19.3 Å². The first-order valence-corrected chi connectivity index (χ1v) is 56.3. The number of sulfone groups is 2. The van der Waals surface area contributed by atoms with Crippen molar-refractivity contribution in [2.24, 2.45) is 10.8 Å². The molecule has 12 nitrogen and oxygen atoms in total. The van der Waals surface area contributed by atoms with Gasteiger partial charge in [-0.15, -0.1) is 0 Å². The smallest absolute Gasteiger partial charge is 0.228 e. The largest absolute Gasteiger partial charge is 0.371 e. The molecule has 10 heterocycles. The van der Waals surface area contributed by atoms with Crippen LogP contribution in [0.3, 0.4) is 0 Å². The first kappa shape index (κ1) is 91.4. The van der Waals surface area contributed by atoms with Crippen LogP contribution in [0.4, 0.5) is 0 Å². The lowest BCUT2D eigenvalue weighted by Gasteiger charge is -2.42. The number of benzene rings is 5. The molecule has 113 heavy (non-hydrogen) atoms. The minimum Gasteiger partial charge on any atom is -0.371 e. The molecular formula is C90H133N2O10S11+5. The third-order valence-corrected chi connectivity index (χ3v) is 49.0. The van der Waals surface area contributed by atoms with E-state index in [-0.39, 0.29) is 132 Å². The van der Waals surface area contributed by atoms with Crippen LogP contribution >= 0.6 is 23.5 Å². The Morgan fingerprint density at radius 3 is 0.779 bits per heavy atom. The fourth-order valence-corrected chi connectivity index (χ4v) is 47.8. The molecule has 10 aliphatic heterocycles. The average Bonchev–Trinajstić information content (AvgIpc) is 0.747. The summed E-state index contributed by atoms with van der Waals surface area (Å²) in [6.45, 7) is 50.7. The van der Waals surface area contributed by atoms with Gasteiger partial charge in [-0.1, -0.05) is 206 Å². The van der Waals surface area contributed by atoms with Gasteiger partial charge in [-0.25, -0.2) is 16.8 Å². The van der Waals surface area contributed by atoms with E-state index in [9.17, 15) is 34.8 Å². The second-order valence-corrected chi connectivity index (χ2v) is 62.0. The van der Waals surface area contributed by atoms with E-state index in [1.165, 1.54) is 70.4 Å². The Kier molecular flexibility index (Phi) is 29.4. The Morgan fingerprint density at radius 2 is 0.522 bits per heavy atom. The third kappa shape index (κ3) is 23.3. The van der Waals surface area contributed by atoms with Crippen LogP contribution in [-0.2, 0) is 142 Å². The average molecular weight is 1760 g/mol. The molecule has 10 fully saturated rings. The number of hydrogen-bond acceptors (Lipinski definition) is 12. The Labute approximate surface area is 709 Å². The Balaban J connectivity index is 0.000000140. The molecule has 0 aromatic heterocycles. The van der Waals surface area contributed by atoms with Gasteiger partial charge in [-0.2, -0.15) is 23.5 Å². The van der Waals surface area contributed by atoms with E-state index in [1.807, 2.05) is 51.3 Å². The molecule has 10 aliphatic rings. The zero-order valence-electron chi connectivity index (χ0n) is 71.4. The Bertz CT molecular complexity index is 4260. The van der Waals surface area contributed by atoms with Crippen LogP contribution in [0.25, 0.3) is 0 Å². The number of carbonyl (C=O) groups excluding carboxylic acids is 2. The van der Waals surface area contributed by atoms with Crippen LogP contribution in [0.1, 0.15) is 173 Å². The molecule has 23 heteroatoms. The summed E-state index contributed by atoms with van der Waals surface area (Å²) in [5.41, 5.74) is 6.90. The normalized spacial score (nSPS) is 30.7. The van der Waals surface area contributed by atoms with Crippen molar-refractivity contribution >= 4 is 131 Å². The standard InChI is InChI=1S/C21H32NO3S2.C21H32NO2S2.C16H23O3S2.C16H23O2S2.C16H23S3/c1-20(2,3)15-7-9-16(10-8-15)26-17-11-22(19(23)21(4,5)6)12-18(26)14-27(24,25)13-17;1-20(2,3)15-7-9-16(10-8-15)26-17-11-22(19(23)21(4,5)6)12-18(26)14-25(24)13-17;1-16(2,3)12-4-6-13(7-5-12)20-14-8-19-9-15(20)11-21(17,18)10-14;1-16(2,3)12-4-6-13(7-5-12)20-14-8-18-9-15(20)11-19(17)10-14;1-16(2,3)12-4-6-13(7-5-12)19-14-8-17-10-15(19)11-18-9-14/h7-10,17-18H,11-14H2,1-6H3;7-10,17-18H,11-14H2,1-6H3;4-7,14-15H,8-11H2,1-3H3;4-7,14-15H,8-11H2,1-3H3;4-7,14-15H,8-11H2,1-3H3/q5*+1. The molecule has 5 aromatic rings. The highest BCUT2D eigenvalue weighted by atomic mass is 32.2. The molecule has 624 valence electrons. The zero-order valence-corrected chi connectivity index (χ0v) is 80.4. The van der Waals surface area contributed by atoms with Crippen molar-refractivity contribution < 1.29 is 44.3 Å². The highest BCUT2D eigenvalue weighted by Crippen LogP contribution is 2.44. The molecule has 0 spiro atoms. The van der Waals surface area contributed by atoms with Gasteiger partial charge in [0.25, 0.3) is 0 Å². The van der Waals surface area contributed by atoms with E-state index in [4.69, 9.17) is 9.47 Å². The zero-order chi connectivity index (χ0) is 82.5. The van der Waals surface area contributed by atoms with Gasteiger partial charge in [0.2, 0.25) is 11.8 Å². The van der Waals surface area contributed by atoms with Crippen molar-refractivity contribution in [3.63, 3.8) is 0 Å². The minimum absolute atomic E-state index is 0.00860. The molecule has 15 rings (SSSR count). The lowest BCUT2D eigenvalue weighted by atomic mass is 9.87. The molecule has 0 radical (unpaired) electrons. The molecule has 8 unspecified atom stereocenters. The van der Waals surface area contributed by atoms with Gasteiger partial charge >= 0.3 is 0 Å². The lowest BCUT2D eigenvalue weighted by molar-refractivity contribution is -0.140. The van der Waals surface area contributed by atoms with Crippen LogP contribution in [0.15, 0.2) is 146 Å². The minimum atomic E-state index is -3.03. The van der Waals surface area contributed by atoms with Crippen molar-refractivity contribution in [1.82, 2.24) is 9.80 Å². The highest BCUT2D eigenvalue weighted by Gasteiger charge is 2.58. The van der Waals surface area contributed by atoms with E-state index >= 15 is 0 Å². The van der Waals surface area contributed by atoms with Crippen LogP contribution in [0.2, 0.25) is 0 Å². The molecular weight excluding hydrogens is 1620 g/mol. The summed E-state index contributed by atoms with van der Waals surface area (Å²) in [6, 6.07) is 45.3. The van der Waals surface area contributed by atoms with Crippen molar-refractivity contribution in [2.45, 2.75) is 249 Å². The number of fused-ring (bicyclic) bond motifs is 10. The van der Waals surface area contributed by atoms with Gasteiger partial charge in [0.1, 0.15) is 33.5 Å². The predicted molar refractivity (Wildman–Crippen MR) is 493 cm³/mol. The second kappa shape index (κ2) is 36.3. The highest BCUT2D eigenvalue weighted by molar-refractivity contribution is 8.09. The van der Waals surface area contributed by atoms with Crippen LogP contribution in [-0.4, -0.2) is 221 Å². The Morgan fingerprint density at radius 1 is 0.319 bits per heavy atom. The first-order chi connectivity index (χ1) is 52.5. The lowest BCUT2D eigenvalue weighted by Crippen LogP contribution is -2.62. The maximum atomic E-state index is 12.8. The van der Waals surface area contributed by atoms with Gasteiger partial charge in [0, 0.05) is 110 Å². The van der Waals surface area contributed by atoms with Crippen LogP contribution in [0, 0.1) is 10.8 Å². The van der Waals surface area contributed by atoms with Gasteiger partial charge in [-0.05, 0) is 116 Å². The summed E-state index contributed by atoms with van der Waals surface area (Å²) in [4.78, 5) is 36.5. The quantitative estimate of drug-likeness (QED) is 0.153. The molecule has 0 saturated carbocycles. The number of ether oxygens (including phenoxy) is 2. The van der Waals surface area contributed by atoms with Crippen molar-refractivity contribution in [3.8, 4) is 0 Å². The van der Waals surface area contributed by atoms with E-state index in [1.54, 1.807) is 4.90 Å². The van der Waals surface area contributed by atoms with Gasteiger partial charge in [-0.3, -0.25) is 18.0 Å². The molecule has 10 saturated heterocycles. The summed E-state index contributed by atoms with van der Waals surface area (Å²) in [7, 11) is -6.58. The number of carbonyl (C=O) groups is 2. The Hall–Kier alpha value is -2.39. The number of hydrogen-bond donors (Lipinski definition) is 0. The number of thioether (sulfide) groups is 2. The van der Waals surface area contributed by atoms with E-state index < -0.39 is 46.7 Å². The maximum Gasteiger partial charge on any atom is 0.228 e. The molecule has 5 aromatic carbocycles. The van der Waals surface area contributed by atoms with Crippen molar-refractivity contribution in [3.05, 3.63) is 149 Å². The summed E-state index contributed by atoms with van der Waals surface area (Å²) in [5, 5.41) is 3.75. The monoisotopic (exact) mass is 1750 g/mol. The number of nitrogens with zero attached hydrogens (tertiary/aromatic N) is 2. The van der Waals surface area contributed by atoms with E-state index in [0.717, 1.165) is 59.8 Å². The molecule has 10 bridgehead atoms. The second-order valence-electron chi connectivity index (χ2n) is 39.7. The number of amides is 2. The van der Waals surface area contributed by atoms with Crippen molar-refractivity contribution in [1.29, 1.82) is 0 Å². The summed E-state index contributed by atoms with van der Waals surface area (Å²) >= 11 is 4.37. The first-order valence-electron chi connectivity index (χ1n) is 40.6. The third-order valence-electron chi connectivity index (χ3n) is 22.8. The fraction of sp³-hybridized carbons (Fsp3) is 0.644. The van der Waals surface area contributed by atoms with Gasteiger partial charge in [0.05, 0.1) is 75.6 Å². The summed E-state index contributed by atoms with van der Waals surface area (Å²) in [6.07, 6.45) is 0. The molecule has 8 atom stereocenters. The van der Waals surface area contributed by atoms with Crippen LogP contribution in [0.5, 0.6) is 0 Å². The maximum absolute atomic E-state index is 12.8. The number of rotatable bonds is 5.